The van der Waals surface area contributed by atoms with Crippen molar-refractivity contribution in [2.45, 2.75) is 12.8 Å². The molecule has 5 heteroatoms. The van der Waals surface area contributed by atoms with E-state index in [0.717, 1.165) is 42.8 Å². The third-order valence-corrected chi connectivity index (χ3v) is 4.76. The second-order valence-electron chi connectivity index (χ2n) is 6.26. The smallest absolute Gasteiger partial charge is 0.198 e. The van der Waals surface area contributed by atoms with Gasteiger partial charge in [0, 0.05) is 42.9 Å². The van der Waals surface area contributed by atoms with E-state index in [4.69, 9.17) is 0 Å². The molecule has 2 aromatic carbocycles. The maximum Gasteiger partial charge on any atom is 0.198 e. The number of fused-ring (bicyclic) bond motifs is 2. The zero-order valence-corrected chi connectivity index (χ0v) is 14.2. The number of nitrogens with one attached hydrogen (secondary N) is 2. The van der Waals surface area contributed by atoms with Crippen LogP contribution in [0.3, 0.4) is 0 Å². The number of hydrogen-bond donors (Lipinski definition) is 2. The van der Waals surface area contributed by atoms with Crippen LogP contribution in [0.25, 0.3) is 10.9 Å². The lowest BCUT2D eigenvalue weighted by Crippen LogP contribution is -2.41. The van der Waals surface area contributed by atoms with Crippen molar-refractivity contribution in [2.75, 3.05) is 25.0 Å². The summed E-state index contributed by atoms with van der Waals surface area (Å²) in [6.45, 7) is 1.72. The molecular formula is C20H21FN4. The largest absolute Gasteiger partial charge is 0.361 e. The number of benzene rings is 2. The van der Waals surface area contributed by atoms with E-state index in [0.29, 0.717) is 0 Å². The molecule has 1 aliphatic heterocycles. The number of rotatable bonds is 3. The molecule has 2 heterocycles. The van der Waals surface area contributed by atoms with Crippen LogP contribution in [0.2, 0.25) is 0 Å². The predicted molar refractivity (Wildman–Crippen MR) is 101 cm³/mol. The molecule has 1 aromatic heterocycles. The molecule has 2 N–H and O–H groups in total. The topological polar surface area (TPSA) is 43.4 Å². The van der Waals surface area contributed by atoms with E-state index in [1.54, 1.807) is 0 Å². The van der Waals surface area contributed by atoms with Crippen molar-refractivity contribution in [1.29, 1.82) is 0 Å². The molecule has 0 bridgehead atoms. The Hall–Kier alpha value is -2.82. The molecule has 0 spiro atoms. The quantitative estimate of drug-likeness (QED) is 0.568. The Balaban J connectivity index is 1.44. The summed E-state index contributed by atoms with van der Waals surface area (Å²) in [5.74, 6) is 0.683. The van der Waals surface area contributed by atoms with E-state index in [-0.39, 0.29) is 5.82 Å². The van der Waals surface area contributed by atoms with Gasteiger partial charge in [-0.25, -0.2) is 4.39 Å². The fourth-order valence-electron chi connectivity index (χ4n) is 3.53. The summed E-state index contributed by atoms with van der Waals surface area (Å²) in [5, 5.41) is 4.53. The Morgan fingerprint density at radius 3 is 3.04 bits per heavy atom. The van der Waals surface area contributed by atoms with Crippen LogP contribution in [0.15, 0.2) is 53.7 Å². The number of aliphatic imine (C=N–C) groups is 1. The lowest BCUT2D eigenvalue weighted by molar-refractivity contribution is 0.629. The van der Waals surface area contributed by atoms with Gasteiger partial charge in [-0.1, -0.05) is 18.2 Å². The van der Waals surface area contributed by atoms with E-state index < -0.39 is 0 Å². The highest BCUT2D eigenvalue weighted by Crippen LogP contribution is 2.27. The van der Waals surface area contributed by atoms with Gasteiger partial charge in [0.1, 0.15) is 5.82 Å². The number of nitrogens with zero attached hydrogens (tertiary/aromatic N) is 2. The van der Waals surface area contributed by atoms with Crippen molar-refractivity contribution in [2.24, 2.45) is 4.99 Å². The van der Waals surface area contributed by atoms with Crippen LogP contribution >= 0.6 is 0 Å². The summed E-state index contributed by atoms with van der Waals surface area (Å²) >= 11 is 0. The lowest BCUT2D eigenvalue weighted by atomic mass is 10.1. The minimum atomic E-state index is -0.216. The van der Waals surface area contributed by atoms with E-state index in [9.17, 15) is 4.39 Å². The SMILES string of the molecule is CN=C(NCCc1c[nH]c2cc(F)ccc12)N1CCc2ccccc21. The van der Waals surface area contributed by atoms with Crippen molar-refractivity contribution in [3.63, 3.8) is 0 Å². The molecule has 3 aromatic rings. The monoisotopic (exact) mass is 336 g/mol. The highest BCUT2D eigenvalue weighted by Gasteiger charge is 2.22. The highest BCUT2D eigenvalue weighted by atomic mass is 19.1. The van der Waals surface area contributed by atoms with Gasteiger partial charge in [0.25, 0.3) is 0 Å². The van der Waals surface area contributed by atoms with Gasteiger partial charge in [-0.15, -0.1) is 0 Å². The summed E-state index contributed by atoms with van der Waals surface area (Å²) in [6, 6.07) is 13.3. The van der Waals surface area contributed by atoms with E-state index in [2.05, 4.69) is 44.5 Å². The van der Waals surface area contributed by atoms with Gasteiger partial charge in [-0.05, 0) is 48.2 Å². The molecule has 0 amide bonds. The third kappa shape index (κ3) is 2.97. The molecule has 25 heavy (non-hydrogen) atoms. The Morgan fingerprint density at radius 2 is 2.16 bits per heavy atom. The standard InChI is InChI=1S/C20H21FN4/c1-22-20(25-11-9-14-4-2-3-5-19(14)25)23-10-8-15-13-24-18-12-16(21)6-7-17(15)18/h2-7,12-13,24H,8-11H2,1H3,(H,22,23). The van der Waals surface area contributed by atoms with Crippen LogP contribution in [0.4, 0.5) is 10.1 Å². The maximum absolute atomic E-state index is 13.3. The Bertz CT molecular complexity index is 928. The fraction of sp³-hybridized carbons (Fsp3) is 0.250. The van der Waals surface area contributed by atoms with Gasteiger partial charge in [0.2, 0.25) is 0 Å². The molecule has 4 rings (SSSR count). The number of guanidine groups is 1. The number of hydrogen-bond acceptors (Lipinski definition) is 1. The van der Waals surface area contributed by atoms with Crippen molar-refractivity contribution in [1.82, 2.24) is 10.3 Å². The summed E-state index contributed by atoms with van der Waals surface area (Å²) < 4.78 is 13.3. The van der Waals surface area contributed by atoms with Gasteiger partial charge >= 0.3 is 0 Å². The first-order valence-corrected chi connectivity index (χ1v) is 8.58. The van der Waals surface area contributed by atoms with Crippen LogP contribution in [-0.2, 0) is 12.8 Å². The van der Waals surface area contributed by atoms with E-state index in [1.807, 2.05) is 19.3 Å². The zero-order chi connectivity index (χ0) is 17.2. The van der Waals surface area contributed by atoms with Crippen molar-refractivity contribution < 1.29 is 4.39 Å². The van der Waals surface area contributed by atoms with Crippen molar-refractivity contribution in [3.05, 3.63) is 65.6 Å². The molecule has 4 nitrogen and oxygen atoms in total. The molecule has 0 saturated carbocycles. The van der Waals surface area contributed by atoms with Gasteiger partial charge < -0.3 is 15.2 Å². The van der Waals surface area contributed by atoms with E-state index in [1.165, 1.54) is 28.9 Å². The molecule has 128 valence electrons. The first-order valence-electron chi connectivity index (χ1n) is 8.58. The molecule has 0 saturated heterocycles. The maximum atomic E-state index is 13.3. The number of anilines is 1. The molecule has 0 aliphatic carbocycles. The molecule has 0 fully saturated rings. The first kappa shape index (κ1) is 15.7. The predicted octanol–water partition coefficient (Wildman–Crippen LogP) is 3.49. The molecule has 0 radical (unpaired) electrons. The van der Waals surface area contributed by atoms with Gasteiger partial charge in [0.15, 0.2) is 5.96 Å². The number of para-hydroxylation sites is 1. The number of halogens is 1. The van der Waals surface area contributed by atoms with Crippen LogP contribution in [-0.4, -0.2) is 31.1 Å². The average molecular weight is 336 g/mol. The lowest BCUT2D eigenvalue weighted by Gasteiger charge is -2.22. The van der Waals surface area contributed by atoms with Crippen LogP contribution in [0.5, 0.6) is 0 Å². The van der Waals surface area contributed by atoms with Gasteiger partial charge in [-0.2, -0.15) is 0 Å². The second-order valence-corrected chi connectivity index (χ2v) is 6.26. The molecule has 0 atom stereocenters. The third-order valence-electron chi connectivity index (χ3n) is 4.76. The van der Waals surface area contributed by atoms with E-state index >= 15 is 0 Å². The number of H-pyrrole nitrogens is 1. The number of aromatic nitrogens is 1. The van der Waals surface area contributed by atoms with Crippen molar-refractivity contribution in [3.8, 4) is 0 Å². The Labute approximate surface area is 146 Å². The van der Waals surface area contributed by atoms with Crippen LogP contribution in [0, 0.1) is 5.82 Å². The first-order chi connectivity index (χ1) is 12.3. The number of aromatic amines is 1. The molecule has 0 unspecified atom stereocenters. The van der Waals surface area contributed by atoms with Crippen LogP contribution < -0.4 is 10.2 Å². The molecule has 1 aliphatic rings. The minimum Gasteiger partial charge on any atom is -0.361 e. The molecular weight excluding hydrogens is 315 g/mol. The van der Waals surface area contributed by atoms with Gasteiger partial charge in [-0.3, -0.25) is 4.99 Å². The van der Waals surface area contributed by atoms with Crippen LogP contribution in [0.1, 0.15) is 11.1 Å². The summed E-state index contributed by atoms with van der Waals surface area (Å²) in [4.78, 5) is 9.81. The highest BCUT2D eigenvalue weighted by molar-refractivity contribution is 5.98. The summed E-state index contributed by atoms with van der Waals surface area (Å²) in [7, 11) is 1.82. The fourth-order valence-corrected chi connectivity index (χ4v) is 3.53. The zero-order valence-electron chi connectivity index (χ0n) is 14.2. The van der Waals surface area contributed by atoms with Crippen molar-refractivity contribution >= 4 is 22.5 Å². The Morgan fingerprint density at radius 1 is 1.28 bits per heavy atom. The minimum absolute atomic E-state index is 0.216. The normalized spacial score (nSPS) is 14.2. The Kier molecular flexibility index (Phi) is 4.14. The second kappa shape index (κ2) is 6.59. The summed E-state index contributed by atoms with van der Waals surface area (Å²) in [6.07, 6.45) is 3.85. The average Bonchev–Trinajstić information content (AvgIpc) is 3.23. The van der Waals surface area contributed by atoms with Gasteiger partial charge in [0.05, 0.1) is 0 Å². The summed E-state index contributed by atoms with van der Waals surface area (Å²) in [5.41, 5.74) is 4.62.